The van der Waals surface area contributed by atoms with Gasteiger partial charge in [0.2, 0.25) is 35.4 Å². The van der Waals surface area contributed by atoms with E-state index in [-0.39, 0.29) is 50.4 Å². The molecule has 0 aromatic heterocycles. The van der Waals surface area contributed by atoms with Crippen LogP contribution in [0, 0.1) is 17.6 Å². The lowest BCUT2D eigenvalue weighted by atomic mass is 9.99. The van der Waals surface area contributed by atoms with Crippen LogP contribution >= 0.6 is 0 Å². The van der Waals surface area contributed by atoms with Crippen LogP contribution in [-0.2, 0) is 44.7 Å². The van der Waals surface area contributed by atoms with Gasteiger partial charge in [-0.2, -0.15) is 0 Å². The molecule has 0 aliphatic carbocycles. The Kier molecular flexibility index (Phi) is 14.0. The summed E-state index contributed by atoms with van der Waals surface area (Å²) in [6.45, 7) is 5.35. The van der Waals surface area contributed by atoms with Crippen LogP contribution in [0.3, 0.4) is 0 Å². The molecule has 0 radical (unpaired) electrons. The number of halogens is 2. The van der Waals surface area contributed by atoms with E-state index in [0.717, 1.165) is 25.0 Å². The first-order valence-corrected chi connectivity index (χ1v) is 19.4. The van der Waals surface area contributed by atoms with E-state index < -0.39 is 95.9 Å². The molecule has 4 aliphatic rings. The lowest BCUT2D eigenvalue weighted by Crippen LogP contribution is -2.62. The van der Waals surface area contributed by atoms with Gasteiger partial charge in [0, 0.05) is 32.1 Å². The standard InChI is InChI=1S/C39H52F2N6O8/c1-4-5-6-7-13-33(48)43-28(19-25-17-26(40)20-27(41)18-25)34(49)44-29-22-55-39(54)32-16-23(2)21-47(32)36(51)24(3)42-35(50)30-11-8-9-14-45(30)38(53)31-12-10-15-46(31)37(29)52/h7,13,17-18,20,23-24,28-32H,4-6,8-12,14-16,19,21-22H2,1-3H3,(H,42,50)(H,43,48)(H,44,49). The molecule has 4 aliphatic heterocycles. The van der Waals surface area contributed by atoms with E-state index in [0.29, 0.717) is 38.2 Å². The minimum atomic E-state index is -1.55. The second-order valence-corrected chi connectivity index (χ2v) is 15.1. The van der Waals surface area contributed by atoms with E-state index in [9.17, 15) is 42.3 Å². The van der Waals surface area contributed by atoms with Crippen LogP contribution in [0.4, 0.5) is 8.78 Å². The van der Waals surface area contributed by atoms with Gasteiger partial charge in [0.05, 0.1) is 0 Å². The molecule has 0 bridgehead atoms. The van der Waals surface area contributed by atoms with Crippen LogP contribution in [-0.4, -0.2) is 119 Å². The number of carbonyl (C=O) groups excluding carboxylic acids is 7. The number of unbranched alkanes of at least 4 members (excludes halogenated alkanes) is 2. The fourth-order valence-corrected chi connectivity index (χ4v) is 7.89. The van der Waals surface area contributed by atoms with Gasteiger partial charge in [-0.15, -0.1) is 0 Å². The van der Waals surface area contributed by atoms with Crippen LogP contribution in [0.15, 0.2) is 30.4 Å². The number of carbonyl (C=O) groups is 7. The van der Waals surface area contributed by atoms with E-state index in [1.165, 1.54) is 27.7 Å². The predicted octanol–water partition coefficient (Wildman–Crippen LogP) is 1.89. The second kappa shape index (κ2) is 18.6. The first kappa shape index (κ1) is 41.3. The quantitative estimate of drug-likeness (QED) is 0.194. The van der Waals surface area contributed by atoms with Crippen molar-refractivity contribution in [2.75, 3.05) is 26.2 Å². The number of allylic oxidation sites excluding steroid dienone is 1. The topological polar surface area (TPSA) is 175 Å². The fourth-order valence-electron chi connectivity index (χ4n) is 7.89. The Hall–Kier alpha value is -4.89. The third-order valence-electron chi connectivity index (χ3n) is 10.7. The number of hydrogen-bond acceptors (Lipinski definition) is 8. The molecular formula is C39H52F2N6O8. The van der Waals surface area contributed by atoms with Gasteiger partial charge in [-0.05, 0) is 81.6 Å². The van der Waals surface area contributed by atoms with Crippen LogP contribution < -0.4 is 16.0 Å². The third-order valence-corrected chi connectivity index (χ3v) is 10.7. The van der Waals surface area contributed by atoms with Crippen molar-refractivity contribution < 1.29 is 47.1 Å². The van der Waals surface area contributed by atoms with Crippen molar-refractivity contribution in [3.63, 3.8) is 0 Å². The van der Waals surface area contributed by atoms with Crippen molar-refractivity contribution >= 4 is 41.4 Å². The van der Waals surface area contributed by atoms with E-state index in [4.69, 9.17) is 4.74 Å². The normalized spacial score (nSPS) is 27.3. The summed E-state index contributed by atoms with van der Waals surface area (Å²) in [4.78, 5) is 101. The van der Waals surface area contributed by atoms with Gasteiger partial charge < -0.3 is 35.4 Å². The summed E-state index contributed by atoms with van der Waals surface area (Å²) >= 11 is 0. The van der Waals surface area contributed by atoms with Crippen LogP contribution in [0.1, 0.15) is 84.1 Å². The minimum absolute atomic E-state index is 0.0586. The van der Waals surface area contributed by atoms with Gasteiger partial charge in [0.1, 0.15) is 54.5 Å². The number of esters is 1. The van der Waals surface area contributed by atoms with Crippen molar-refractivity contribution in [1.29, 1.82) is 0 Å². The Bertz CT molecular complexity index is 1650. The van der Waals surface area contributed by atoms with Crippen molar-refractivity contribution in [1.82, 2.24) is 30.7 Å². The molecule has 6 amide bonds. The van der Waals surface area contributed by atoms with Gasteiger partial charge in [-0.3, -0.25) is 28.8 Å². The lowest BCUT2D eigenvalue weighted by molar-refractivity contribution is -0.158. The largest absolute Gasteiger partial charge is 0.461 e. The first-order chi connectivity index (χ1) is 26.3. The number of piperidine rings is 1. The number of nitrogens with zero attached hydrogens (tertiary/aromatic N) is 3. The number of hydrogen-bond donors (Lipinski definition) is 3. The first-order valence-electron chi connectivity index (χ1n) is 19.4. The molecule has 300 valence electrons. The highest BCUT2D eigenvalue weighted by atomic mass is 19.1. The van der Waals surface area contributed by atoms with Gasteiger partial charge in [0.25, 0.3) is 0 Å². The Balaban J connectivity index is 1.47. The molecule has 16 heteroatoms. The molecule has 14 nitrogen and oxygen atoms in total. The van der Waals surface area contributed by atoms with Gasteiger partial charge in [0.15, 0.2) is 0 Å². The number of rotatable bonds is 9. The number of ether oxygens (including phenoxy) is 1. The van der Waals surface area contributed by atoms with Crippen molar-refractivity contribution in [3.8, 4) is 0 Å². The highest BCUT2D eigenvalue weighted by Crippen LogP contribution is 2.28. The van der Waals surface area contributed by atoms with E-state index in [1.54, 1.807) is 6.08 Å². The summed E-state index contributed by atoms with van der Waals surface area (Å²) in [6.07, 6.45) is 7.56. The smallest absolute Gasteiger partial charge is 0.328 e. The van der Waals surface area contributed by atoms with Crippen molar-refractivity contribution in [3.05, 3.63) is 47.5 Å². The molecular weight excluding hydrogens is 718 g/mol. The second-order valence-electron chi connectivity index (χ2n) is 15.1. The Morgan fingerprint density at radius 1 is 0.909 bits per heavy atom. The van der Waals surface area contributed by atoms with Crippen LogP contribution in [0.25, 0.3) is 0 Å². The molecule has 7 atom stereocenters. The number of nitrogens with one attached hydrogen (secondary N) is 3. The highest BCUT2D eigenvalue weighted by Gasteiger charge is 2.46. The Morgan fingerprint density at radius 2 is 1.60 bits per heavy atom. The average Bonchev–Trinajstić information content (AvgIpc) is 3.80. The summed E-state index contributed by atoms with van der Waals surface area (Å²) in [7, 11) is 0. The molecule has 0 spiro atoms. The third kappa shape index (κ3) is 10.3. The van der Waals surface area contributed by atoms with Gasteiger partial charge >= 0.3 is 5.97 Å². The molecule has 7 unspecified atom stereocenters. The molecule has 4 heterocycles. The average molecular weight is 771 g/mol. The maximum absolute atomic E-state index is 14.4. The van der Waals surface area contributed by atoms with E-state index >= 15 is 0 Å². The summed E-state index contributed by atoms with van der Waals surface area (Å²) in [5.74, 6) is -6.41. The van der Waals surface area contributed by atoms with Crippen LogP contribution in [0.2, 0.25) is 0 Å². The summed E-state index contributed by atoms with van der Waals surface area (Å²) in [5, 5.41) is 7.92. The molecule has 0 saturated carbocycles. The summed E-state index contributed by atoms with van der Waals surface area (Å²) < 4.78 is 34.0. The molecule has 55 heavy (non-hydrogen) atoms. The fraction of sp³-hybridized carbons (Fsp3) is 0.615. The molecule has 4 fully saturated rings. The summed E-state index contributed by atoms with van der Waals surface area (Å²) in [6, 6.07) is -4.14. The SMILES string of the molecule is CCCCC=CC(=O)NC(Cc1cc(F)cc(F)c1)C(=O)NC1COC(=O)C2CC(C)CN2C(=O)C(C)NC(=O)C2CCCCN2C(=O)C2CCCN2C1=O. The number of amides is 6. The Morgan fingerprint density at radius 3 is 2.33 bits per heavy atom. The zero-order valence-electron chi connectivity index (χ0n) is 31.7. The van der Waals surface area contributed by atoms with Gasteiger partial charge in [-0.1, -0.05) is 32.8 Å². The molecule has 5 rings (SSSR count). The maximum Gasteiger partial charge on any atom is 0.328 e. The number of cyclic esters (lactones) is 1. The predicted molar refractivity (Wildman–Crippen MR) is 195 cm³/mol. The molecule has 1 aromatic carbocycles. The van der Waals surface area contributed by atoms with Gasteiger partial charge in [-0.25, -0.2) is 13.6 Å². The molecule has 3 N–H and O–H groups in total. The van der Waals surface area contributed by atoms with E-state index in [1.807, 2.05) is 13.8 Å². The van der Waals surface area contributed by atoms with Crippen molar-refractivity contribution in [2.45, 2.75) is 121 Å². The molecule has 4 saturated heterocycles. The Labute approximate surface area is 319 Å². The number of fused-ring (bicyclic) bond motifs is 3. The molecule has 1 aromatic rings. The maximum atomic E-state index is 14.4. The van der Waals surface area contributed by atoms with Crippen molar-refractivity contribution in [2.24, 2.45) is 5.92 Å². The number of benzene rings is 1. The van der Waals surface area contributed by atoms with E-state index in [2.05, 4.69) is 16.0 Å². The lowest BCUT2D eigenvalue weighted by Gasteiger charge is -2.39. The highest BCUT2D eigenvalue weighted by molar-refractivity contribution is 5.98. The van der Waals surface area contributed by atoms with Crippen LogP contribution in [0.5, 0.6) is 0 Å². The zero-order chi connectivity index (χ0) is 39.8. The minimum Gasteiger partial charge on any atom is -0.461 e. The summed E-state index contributed by atoms with van der Waals surface area (Å²) in [5.41, 5.74) is 0.0586. The zero-order valence-corrected chi connectivity index (χ0v) is 31.7. The monoisotopic (exact) mass is 770 g/mol.